The van der Waals surface area contributed by atoms with Crippen LogP contribution in [0.2, 0.25) is 0 Å². The molecule has 0 aliphatic heterocycles. The predicted octanol–water partition coefficient (Wildman–Crippen LogP) is 2.01. The first-order valence-electron chi connectivity index (χ1n) is 6.38. The van der Waals surface area contributed by atoms with Crippen LogP contribution in [0.4, 0.5) is 10.5 Å². The van der Waals surface area contributed by atoms with Crippen LogP contribution in [0, 0.1) is 0 Å². The van der Waals surface area contributed by atoms with Crippen molar-refractivity contribution in [1.82, 2.24) is 10.5 Å². The fourth-order valence-electron chi connectivity index (χ4n) is 1.73. The van der Waals surface area contributed by atoms with Gasteiger partial charge in [0.25, 0.3) is 0 Å². The van der Waals surface area contributed by atoms with Gasteiger partial charge in [0.05, 0.1) is 12.7 Å². The number of benzene rings is 1. The molecule has 0 radical (unpaired) electrons. The fourth-order valence-corrected chi connectivity index (χ4v) is 1.73. The zero-order valence-corrected chi connectivity index (χ0v) is 11.2. The van der Waals surface area contributed by atoms with Crippen molar-refractivity contribution < 1.29 is 19.2 Å². The maximum atomic E-state index is 11.7. The topological polar surface area (TPSA) is 104 Å². The number of aryl methyl sites for hydroxylation is 1. The van der Waals surface area contributed by atoms with Crippen LogP contribution in [0.1, 0.15) is 17.7 Å². The summed E-state index contributed by atoms with van der Waals surface area (Å²) in [6.45, 7) is 0.241. The Kier molecular flexibility index (Phi) is 4.92. The Hall–Kier alpha value is -2.83. The van der Waals surface area contributed by atoms with E-state index in [-0.39, 0.29) is 19.0 Å². The molecular formula is C14H15N3O4. The van der Waals surface area contributed by atoms with Crippen LogP contribution in [-0.2, 0) is 17.8 Å². The quantitative estimate of drug-likeness (QED) is 0.754. The van der Waals surface area contributed by atoms with Crippen LogP contribution in [-0.4, -0.2) is 22.3 Å². The van der Waals surface area contributed by atoms with E-state index >= 15 is 0 Å². The molecule has 1 aromatic carbocycles. The largest absolute Gasteiger partial charge is 0.481 e. The van der Waals surface area contributed by atoms with Crippen LogP contribution in [0.5, 0.6) is 0 Å². The summed E-state index contributed by atoms with van der Waals surface area (Å²) in [4.78, 5) is 22.2. The number of carboxylic acid groups (broad SMARTS) is 1. The Labute approximate surface area is 120 Å². The van der Waals surface area contributed by atoms with Gasteiger partial charge in [-0.2, -0.15) is 0 Å². The number of aromatic nitrogens is 1. The van der Waals surface area contributed by atoms with E-state index in [1.54, 1.807) is 24.3 Å². The third kappa shape index (κ3) is 4.98. The molecule has 2 amide bonds. The summed E-state index contributed by atoms with van der Waals surface area (Å²) in [6.07, 6.45) is 1.98. The lowest BCUT2D eigenvalue weighted by molar-refractivity contribution is -0.136. The van der Waals surface area contributed by atoms with Crippen molar-refractivity contribution in [2.75, 3.05) is 5.32 Å². The second kappa shape index (κ2) is 7.09. The first-order chi connectivity index (χ1) is 10.1. The second-order valence-electron chi connectivity index (χ2n) is 4.38. The van der Waals surface area contributed by atoms with E-state index in [4.69, 9.17) is 9.63 Å². The van der Waals surface area contributed by atoms with Gasteiger partial charge in [-0.15, -0.1) is 0 Å². The highest BCUT2D eigenvalue weighted by Crippen LogP contribution is 2.12. The minimum absolute atomic E-state index is 0.0567. The number of nitrogens with one attached hydrogen (secondary N) is 2. The van der Waals surface area contributed by atoms with E-state index in [0.717, 1.165) is 5.56 Å². The van der Waals surface area contributed by atoms with Crippen LogP contribution in [0.3, 0.4) is 0 Å². The average Bonchev–Trinajstić information content (AvgIpc) is 2.97. The molecule has 0 unspecified atom stereocenters. The van der Waals surface area contributed by atoms with Gasteiger partial charge in [-0.25, -0.2) is 4.79 Å². The van der Waals surface area contributed by atoms with E-state index in [9.17, 15) is 9.59 Å². The molecule has 110 valence electrons. The summed E-state index contributed by atoms with van der Waals surface area (Å²) in [7, 11) is 0. The number of hydrogen-bond acceptors (Lipinski definition) is 4. The van der Waals surface area contributed by atoms with Crippen molar-refractivity contribution >= 4 is 17.7 Å². The number of carbonyl (C=O) groups is 2. The summed E-state index contributed by atoms with van der Waals surface area (Å²) in [5, 5.41) is 17.5. The molecule has 0 atom stereocenters. The first kappa shape index (κ1) is 14.6. The number of amides is 2. The van der Waals surface area contributed by atoms with Crippen molar-refractivity contribution in [2.45, 2.75) is 19.4 Å². The van der Waals surface area contributed by atoms with Crippen LogP contribution >= 0.6 is 0 Å². The van der Waals surface area contributed by atoms with E-state index in [0.29, 0.717) is 17.9 Å². The SMILES string of the molecule is O=C(O)CCc1cccc(NC(=O)NCc2ccno2)c1. The van der Waals surface area contributed by atoms with Crippen LogP contribution in [0.25, 0.3) is 0 Å². The van der Waals surface area contributed by atoms with Crippen molar-refractivity contribution in [1.29, 1.82) is 0 Å². The number of nitrogens with zero attached hydrogens (tertiary/aromatic N) is 1. The Morgan fingerprint density at radius 2 is 2.14 bits per heavy atom. The normalized spacial score (nSPS) is 10.1. The maximum absolute atomic E-state index is 11.7. The molecule has 1 heterocycles. The van der Waals surface area contributed by atoms with E-state index in [1.807, 2.05) is 6.07 Å². The minimum Gasteiger partial charge on any atom is -0.481 e. The van der Waals surface area contributed by atoms with Crippen LogP contribution in [0.15, 0.2) is 41.1 Å². The van der Waals surface area contributed by atoms with Gasteiger partial charge in [0, 0.05) is 18.2 Å². The average molecular weight is 289 g/mol. The first-order valence-corrected chi connectivity index (χ1v) is 6.38. The van der Waals surface area contributed by atoms with Crippen LogP contribution < -0.4 is 10.6 Å². The summed E-state index contributed by atoms with van der Waals surface area (Å²) in [5.74, 6) is -0.293. The molecule has 2 rings (SSSR count). The lowest BCUT2D eigenvalue weighted by Crippen LogP contribution is -2.28. The van der Waals surface area contributed by atoms with Gasteiger partial charge in [-0.05, 0) is 24.1 Å². The van der Waals surface area contributed by atoms with Gasteiger partial charge in [0.1, 0.15) is 0 Å². The van der Waals surface area contributed by atoms with Crippen molar-refractivity contribution in [3.8, 4) is 0 Å². The molecule has 0 saturated carbocycles. The monoisotopic (exact) mass is 289 g/mol. The number of anilines is 1. The number of rotatable bonds is 6. The molecule has 1 aromatic heterocycles. The Morgan fingerprint density at radius 1 is 1.29 bits per heavy atom. The van der Waals surface area contributed by atoms with E-state index < -0.39 is 5.97 Å². The minimum atomic E-state index is -0.849. The predicted molar refractivity (Wildman–Crippen MR) is 74.8 cm³/mol. The molecule has 21 heavy (non-hydrogen) atoms. The number of aliphatic carboxylic acids is 1. The second-order valence-corrected chi connectivity index (χ2v) is 4.38. The molecule has 0 saturated heterocycles. The lowest BCUT2D eigenvalue weighted by atomic mass is 10.1. The van der Waals surface area contributed by atoms with Crippen molar-refractivity contribution in [3.05, 3.63) is 47.9 Å². The summed E-state index contributed by atoms with van der Waals surface area (Å²) in [6, 6.07) is 8.35. The summed E-state index contributed by atoms with van der Waals surface area (Å²) < 4.78 is 4.86. The van der Waals surface area contributed by atoms with Crippen molar-refractivity contribution in [2.24, 2.45) is 0 Å². The lowest BCUT2D eigenvalue weighted by Gasteiger charge is -2.07. The zero-order chi connectivity index (χ0) is 15.1. The van der Waals surface area contributed by atoms with E-state index in [1.165, 1.54) is 6.20 Å². The third-order valence-corrected chi connectivity index (χ3v) is 2.73. The summed E-state index contributed by atoms with van der Waals surface area (Å²) in [5.41, 5.74) is 1.46. The molecule has 0 fully saturated rings. The fraction of sp³-hybridized carbons (Fsp3) is 0.214. The Balaban J connectivity index is 1.85. The maximum Gasteiger partial charge on any atom is 0.319 e. The van der Waals surface area contributed by atoms with Gasteiger partial charge in [-0.1, -0.05) is 17.3 Å². The van der Waals surface area contributed by atoms with Gasteiger partial charge in [-0.3, -0.25) is 4.79 Å². The van der Waals surface area contributed by atoms with Gasteiger partial charge >= 0.3 is 12.0 Å². The highest BCUT2D eigenvalue weighted by molar-refractivity contribution is 5.89. The molecule has 7 nitrogen and oxygen atoms in total. The molecule has 2 aromatic rings. The Morgan fingerprint density at radius 3 is 2.86 bits per heavy atom. The van der Waals surface area contributed by atoms with Gasteiger partial charge in [0.15, 0.2) is 5.76 Å². The molecule has 3 N–H and O–H groups in total. The highest BCUT2D eigenvalue weighted by Gasteiger charge is 2.05. The number of carboxylic acids is 1. The van der Waals surface area contributed by atoms with Gasteiger partial charge < -0.3 is 20.3 Å². The molecule has 0 bridgehead atoms. The highest BCUT2D eigenvalue weighted by atomic mass is 16.5. The Bertz CT molecular complexity index is 610. The molecule has 7 heteroatoms. The molecule has 0 aliphatic carbocycles. The smallest absolute Gasteiger partial charge is 0.319 e. The summed E-state index contributed by atoms with van der Waals surface area (Å²) >= 11 is 0. The molecular weight excluding hydrogens is 274 g/mol. The number of hydrogen-bond donors (Lipinski definition) is 3. The zero-order valence-electron chi connectivity index (χ0n) is 11.2. The third-order valence-electron chi connectivity index (χ3n) is 2.73. The molecule has 0 aliphatic rings. The number of carbonyl (C=O) groups excluding carboxylic acids is 1. The van der Waals surface area contributed by atoms with E-state index in [2.05, 4.69) is 15.8 Å². The molecule has 0 spiro atoms. The standard InChI is InChI=1S/C14H15N3O4/c18-13(19)5-4-10-2-1-3-11(8-10)17-14(20)15-9-12-6-7-16-21-12/h1-3,6-8H,4-5,9H2,(H,18,19)(H2,15,17,20). The number of urea groups is 1. The van der Waals surface area contributed by atoms with Crippen molar-refractivity contribution in [3.63, 3.8) is 0 Å². The van der Waals surface area contributed by atoms with Gasteiger partial charge in [0.2, 0.25) is 0 Å².